The molecular weight excluding hydrogens is 436 g/mol. The Balaban J connectivity index is 1.95. The highest BCUT2D eigenvalue weighted by atomic mass is 35.5. The number of piperidine rings is 1. The first kappa shape index (κ1) is 23.8. The predicted molar refractivity (Wildman–Crippen MR) is 122 cm³/mol. The van der Waals surface area contributed by atoms with Crippen LogP contribution >= 0.6 is 11.6 Å². The van der Waals surface area contributed by atoms with E-state index in [9.17, 15) is 18.0 Å². The molecular formula is C23H31ClN2O4S. The van der Waals surface area contributed by atoms with Gasteiger partial charge in [-0.2, -0.15) is 0 Å². The minimum absolute atomic E-state index is 0.0199. The minimum Gasteiger partial charge on any atom is -0.330 e. The van der Waals surface area contributed by atoms with Crippen LogP contribution in [0, 0.1) is 5.41 Å². The number of likely N-dealkylation sites (tertiary alicyclic amines) is 1. The number of rotatable bonds is 8. The number of halogens is 1. The van der Waals surface area contributed by atoms with Gasteiger partial charge >= 0.3 is 0 Å². The molecule has 1 aromatic rings. The summed E-state index contributed by atoms with van der Waals surface area (Å²) in [4.78, 5) is 28.4. The lowest BCUT2D eigenvalue weighted by Gasteiger charge is -2.46. The van der Waals surface area contributed by atoms with Crippen molar-refractivity contribution >= 4 is 33.4 Å². The van der Waals surface area contributed by atoms with Crippen molar-refractivity contribution in [3.63, 3.8) is 0 Å². The van der Waals surface area contributed by atoms with Crippen LogP contribution in [0.1, 0.15) is 57.4 Å². The Morgan fingerprint density at radius 2 is 2.10 bits per heavy atom. The summed E-state index contributed by atoms with van der Waals surface area (Å²) >= 11 is 6.20. The maximum Gasteiger partial charge on any atom is 0.258 e. The molecule has 3 rings (SSSR count). The molecule has 1 heterocycles. The molecule has 0 bridgehead atoms. The second-order valence-electron chi connectivity index (χ2n) is 8.94. The Morgan fingerprint density at radius 1 is 1.42 bits per heavy atom. The van der Waals surface area contributed by atoms with E-state index in [0.29, 0.717) is 43.7 Å². The molecule has 1 aliphatic carbocycles. The summed E-state index contributed by atoms with van der Waals surface area (Å²) in [6.07, 6.45) is 4.29. The van der Waals surface area contributed by atoms with Crippen LogP contribution in [0.15, 0.2) is 36.9 Å². The lowest BCUT2D eigenvalue weighted by molar-refractivity contribution is -0.154. The molecule has 2 amide bonds. The highest BCUT2D eigenvalue weighted by molar-refractivity contribution is 7.90. The van der Waals surface area contributed by atoms with Crippen molar-refractivity contribution in [2.24, 2.45) is 5.41 Å². The summed E-state index contributed by atoms with van der Waals surface area (Å²) in [5.74, 6) is -0.702. The Morgan fingerprint density at radius 3 is 2.65 bits per heavy atom. The standard InChI is InChI=1S/C23H31ClN2O4S/c1-5-12-23(3)14-17(16-8-7-9-18(24)13-16)15-26(22(23)28)20(6-2)21(27)25(4)31(29,30)19-10-11-19/h5,7-9,13,17,19-20H,1,6,10-12,14-15H2,2-4H3/t17-,20-,23-/m0/s1. The Hall–Kier alpha value is -1.86. The van der Waals surface area contributed by atoms with Gasteiger partial charge in [0.05, 0.1) is 10.7 Å². The number of amides is 2. The number of sulfonamides is 1. The molecule has 1 aromatic carbocycles. The van der Waals surface area contributed by atoms with Gasteiger partial charge in [-0.3, -0.25) is 9.59 Å². The molecule has 0 radical (unpaired) electrons. The summed E-state index contributed by atoms with van der Waals surface area (Å²) < 4.78 is 26.2. The van der Waals surface area contributed by atoms with Crippen molar-refractivity contribution < 1.29 is 18.0 Å². The second kappa shape index (κ2) is 8.94. The first-order valence-electron chi connectivity index (χ1n) is 10.7. The molecule has 2 aliphatic rings. The lowest BCUT2D eigenvalue weighted by atomic mass is 9.71. The van der Waals surface area contributed by atoms with Gasteiger partial charge in [0.25, 0.3) is 5.91 Å². The topological polar surface area (TPSA) is 74.8 Å². The number of hydrogen-bond donors (Lipinski definition) is 0. The number of benzene rings is 1. The van der Waals surface area contributed by atoms with Crippen LogP contribution < -0.4 is 0 Å². The van der Waals surface area contributed by atoms with E-state index in [1.807, 2.05) is 25.1 Å². The molecule has 6 nitrogen and oxygen atoms in total. The highest BCUT2D eigenvalue weighted by Crippen LogP contribution is 2.43. The Bertz CT molecular complexity index is 976. The fraction of sp³-hybridized carbons (Fsp3) is 0.565. The smallest absolute Gasteiger partial charge is 0.258 e. The average Bonchev–Trinajstić information content (AvgIpc) is 3.57. The van der Waals surface area contributed by atoms with Crippen molar-refractivity contribution in [2.45, 2.75) is 63.2 Å². The summed E-state index contributed by atoms with van der Waals surface area (Å²) in [5, 5.41) is 0.131. The van der Waals surface area contributed by atoms with Gasteiger partial charge in [0.1, 0.15) is 6.04 Å². The quantitative estimate of drug-likeness (QED) is 0.543. The normalized spacial score (nSPS) is 25.2. The minimum atomic E-state index is -3.67. The maximum atomic E-state index is 13.5. The second-order valence-corrected chi connectivity index (χ2v) is 11.6. The molecule has 2 fully saturated rings. The van der Waals surface area contributed by atoms with E-state index in [-0.39, 0.29) is 11.8 Å². The number of likely N-dealkylation sites (N-methyl/N-ethyl adjacent to an activating group) is 1. The van der Waals surface area contributed by atoms with Crippen LogP contribution in [0.4, 0.5) is 0 Å². The first-order valence-corrected chi connectivity index (χ1v) is 12.6. The fourth-order valence-corrected chi connectivity index (χ4v) is 6.31. The average molecular weight is 467 g/mol. The third-order valence-electron chi connectivity index (χ3n) is 6.49. The molecule has 0 aromatic heterocycles. The van der Waals surface area contributed by atoms with Crippen LogP contribution in [0.5, 0.6) is 0 Å². The zero-order valence-corrected chi connectivity index (χ0v) is 20.0. The number of carbonyl (C=O) groups excluding carboxylic acids is 2. The number of nitrogens with zero attached hydrogens (tertiary/aromatic N) is 2. The third kappa shape index (κ3) is 4.67. The summed E-state index contributed by atoms with van der Waals surface area (Å²) in [5.41, 5.74) is 0.274. The number of carbonyl (C=O) groups is 2. The van der Waals surface area contributed by atoms with E-state index in [4.69, 9.17) is 11.6 Å². The molecule has 1 aliphatic heterocycles. The molecule has 0 spiro atoms. The van der Waals surface area contributed by atoms with E-state index < -0.39 is 32.6 Å². The zero-order valence-electron chi connectivity index (χ0n) is 18.4. The van der Waals surface area contributed by atoms with Crippen molar-refractivity contribution in [3.05, 3.63) is 47.5 Å². The lowest BCUT2D eigenvalue weighted by Crippen LogP contribution is -2.58. The van der Waals surface area contributed by atoms with Crippen LogP contribution in [-0.4, -0.2) is 54.3 Å². The van der Waals surface area contributed by atoms with Gasteiger partial charge in [-0.1, -0.05) is 43.7 Å². The number of allylic oxidation sites excluding steroid dienone is 1. The van der Waals surface area contributed by atoms with E-state index in [0.717, 1.165) is 9.87 Å². The summed E-state index contributed by atoms with van der Waals surface area (Å²) in [7, 11) is -2.36. The predicted octanol–water partition coefficient (Wildman–Crippen LogP) is 3.97. The van der Waals surface area contributed by atoms with Crippen LogP contribution in [0.25, 0.3) is 0 Å². The van der Waals surface area contributed by atoms with Gasteiger partial charge < -0.3 is 4.90 Å². The molecule has 8 heteroatoms. The van der Waals surface area contributed by atoms with Crippen molar-refractivity contribution in [1.82, 2.24) is 9.21 Å². The van der Waals surface area contributed by atoms with E-state index in [1.54, 1.807) is 24.0 Å². The van der Waals surface area contributed by atoms with Crippen LogP contribution in [0.3, 0.4) is 0 Å². The summed E-state index contributed by atoms with van der Waals surface area (Å²) in [6, 6.07) is 6.71. The maximum absolute atomic E-state index is 13.5. The van der Waals surface area contributed by atoms with Crippen LogP contribution in [-0.2, 0) is 19.6 Å². The van der Waals surface area contributed by atoms with Gasteiger partial charge in [0.15, 0.2) is 0 Å². The molecule has 0 N–H and O–H groups in total. The molecule has 31 heavy (non-hydrogen) atoms. The van der Waals surface area contributed by atoms with Crippen LogP contribution in [0.2, 0.25) is 5.02 Å². The van der Waals surface area contributed by atoms with E-state index in [2.05, 4.69) is 6.58 Å². The van der Waals surface area contributed by atoms with Crippen molar-refractivity contribution in [1.29, 1.82) is 0 Å². The highest BCUT2D eigenvalue weighted by Gasteiger charge is 2.49. The molecule has 170 valence electrons. The van der Waals surface area contributed by atoms with Gasteiger partial charge in [0.2, 0.25) is 15.9 Å². The molecule has 1 saturated carbocycles. The van der Waals surface area contributed by atoms with Gasteiger partial charge in [0, 0.05) is 24.5 Å². The molecule has 0 unspecified atom stereocenters. The zero-order chi connectivity index (χ0) is 23.0. The van der Waals surface area contributed by atoms with Gasteiger partial charge in [-0.25, -0.2) is 12.7 Å². The van der Waals surface area contributed by atoms with E-state index >= 15 is 0 Å². The van der Waals surface area contributed by atoms with Crippen molar-refractivity contribution in [3.8, 4) is 0 Å². The monoisotopic (exact) mass is 466 g/mol. The Kier molecular flexibility index (Phi) is 6.87. The van der Waals surface area contributed by atoms with Crippen molar-refractivity contribution in [2.75, 3.05) is 13.6 Å². The number of hydrogen-bond acceptors (Lipinski definition) is 4. The first-order chi connectivity index (χ1) is 14.5. The van der Waals surface area contributed by atoms with E-state index in [1.165, 1.54) is 7.05 Å². The third-order valence-corrected chi connectivity index (χ3v) is 8.98. The SMILES string of the molecule is C=CC[C@@]1(C)C[C@H](c2cccc(Cl)c2)CN([C@@H](CC)C(=O)N(C)S(=O)(=O)C2CC2)C1=O. The summed E-state index contributed by atoms with van der Waals surface area (Å²) in [6.45, 7) is 7.85. The Labute approximate surface area is 190 Å². The van der Waals surface area contributed by atoms with Gasteiger partial charge in [-0.15, -0.1) is 6.58 Å². The fourth-order valence-electron chi connectivity index (χ4n) is 4.56. The van der Waals surface area contributed by atoms with Gasteiger partial charge in [-0.05, 0) is 49.8 Å². The largest absolute Gasteiger partial charge is 0.330 e. The molecule has 3 atom stereocenters. The molecule has 1 saturated heterocycles.